The van der Waals surface area contributed by atoms with Gasteiger partial charge in [-0.3, -0.25) is 0 Å². The molecule has 2 saturated carbocycles. The van der Waals surface area contributed by atoms with Gasteiger partial charge in [-0.15, -0.1) is 10.2 Å². The zero-order chi connectivity index (χ0) is 16.8. The first-order chi connectivity index (χ1) is 11.5. The van der Waals surface area contributed by atoms with Crippen LogP contribution in [0.15, 0.2) is 30.3 Å². The van der Waals surface area contributed by atoms with E-state index in [4.69, 9.17) is 5.10 Å². The van der Waals surface area contributed by atoms with Crippen LogP contribution in [0.25, 0.3) is 0 Å². The monoisotopic (exact) mass is 325 g/mol. The van der Waals surface area contributed by atoms with Crippen LogP contribution >= 0.6 is 0 Å². The van der Waals surface area contributed by atoms with E-state index in [9.17, 15) is 0 Å². The molecule has 0 amide bonds. The third-order valence-corrected chi connectivity index (χ3v) is 5.52. The Kier molecular flexibility index (Phi) is 3.71. The number of aromatic nitrogens is 4. The SMILES string of the molecule is CC(C)(C)n1nnc(C2(CN[C@H]3CC3c3ccccc3)CCC2)n1. The summed E-state index contributed by atoms with van der Waals surface area (Å²) in [4.78, 5) is 1.76. The molecule has 1 N–H and O–H groups in total. The molecule has 2 aliphatic carbocycles. The van der Waals surface area contributed by atoms with Gasteiger partial charge >= 0.3 is 0 Å². The first-order valence-corrected chi connectivity index (χ1v) is 9.07. The maximum atomic E-state index is 4.71. The molecule has 0 saturated heterocycles. The Hall–Kier alpha value is -1.75. The molecule has 4 rings (SSSR count). The van der Waals surface area contributed by atoms with E-state index in [2.05, 4.69) is 66.7 Å². The highest BCUT2D eigenvalue weighted by Gasteiger charge is 2.46. The van der Waals surface area contributed by atoms with Gasteiger partial charge in [0.05, 0.1) is 5.54 Å². The summed E-state index contributed by atoms with van der Waals surface area (Å²) in [6, 6.07) is 11.4. The lowest BCUT2D eigenvalue weighted by atomic mass is 9.68. The van der Waals surface area contributed by atoms with E-state index in [0.717, 1.165) is 12.4 Å². The Morgan fingerprint density at radius 2 is 1.96 bits per heavy atom. The number of tetrazole rings is 1. The Labute approximate surface area is 143 Å². The third-order valence-electron chi connectivity index (χ3n) is 5.52. The fourth-order valence-corrected chi connectivity index (χ4v) is 3.61. The molecule has 1 heterocycles. The summed E-state index contributed by atoms with van der Waals surface area (Å²) in [6.07, 6.45) is 4.83. The quantitative estimate of drug-likeness (QED) is 0.918. The Morgan fingerprint density at radius 1 is 1.21 bits per heavy atom. The molecule has 0 radical (unpaired) electrons. The highest BCUT2D eigenvalue weighted by molar-refractivity contribution is 5.28. The second-order valence-electron chi connectivity index (χ2n) is 8.45. The van der Waals surface area contributed by atoms with Crippen LogP contribution in [0.2, 0.25) is 0 Å². The van der Waals surface area contributed by atoms with E-state index in [1.165, 1.54) is 31.2 Å². The van der Waals surface area contributed by atoms with Crippen molar-refractivity contribution in [1.29, 1.82) is 0 Å². The van der Waals surface area contributed by atoms with Gasteiger partial charge < -0.3 is 5.32 Å². The van der Waals surface area contributed by atoms with Crippen LogP contribution in [-0.4, -0.2) is 32.8 Å². The number of benzene rings is 1. The minimum absolute atomic E-state index is 0.0906. The van der Waals surface area contributed by atoms with Crippen molar-refractivity contribution in [3.8, 4) is 0 Å². The van der Waals surface area contributed by atoms with Gasteiger partial charge in [0.2, 0.25) is 0 Å². The summed E-state index contributed by atoms with van der Waals surface area (Å²) in [6.45, 7) is 7.30. The topological polar surface area (TPSA) is 55.6 Å². The van der Waals surface area contributed by atoms with Gasteiger partial charge in [-0.2, -0.15) is 4.80 Å². The van der Waals surface area contributed by atoms with Gasteiger partial charge in [0.15, 0.2) is 5.82 Å². The highest BCUT2D eigenvalue weighted by atomic mass is 15.6. The molecular weight excluding hydrogens is 298 g/mol. The fraction of sp³-hybridized carbons (Fsp3) is 0.632. The van der Waals surface area contributed by atoms with Crippen LogP contribution in [0.3, 0.4) is 0 Å². The molecule has 1 unspecified atom stereocenters. The second-order valence-corrected chi connectivity index (χ2v) is 8.45. The number of nitrogens with one attached hydrogen (secondary N) is 1. The van der Waals surface area contributed by atoms with Gasteiger partial charge in [-0.1, -0.05) is 36.8 Å². The lowest BCUT2D eigenvalue weighted by Gasteiger charge is -2.39. The molecule has 5 nitrogen and oxygen atoms in total. The van der Waals surface area contributed by atoms with E-state index < -0.39 is 0 Å². The molecule has 2 aromatic rings. The van der Waals surface area contributed by atoms with Gasteiger partial charge in [-0.05, 0) is 50.8 Å². The van der Waals surface area contributed by atoms with E-state index in [0.29, 0.717) is 12.0 Å². The summed E-state index contributed by atoms with van der Waals surface area (Å²) in [5.41, 5.74) is 1.43. The number of nitrogens with zero attached hydrogens (tertiary/aromatic N) is 4. The summed E-state index contributed by atoms with van der Waals surface area (Å²) < 4.78 is 0. The summed E-state index contributed by atoms with van der Waals surface area (Å²) in [5, 5.41) is 17.2. The predicted octanol–water partition coefficient (Wildman–Crippen LogP) is 3.00. The van der Waals surface area contributed by atoms with E-state index in [1.54, 1.807) is 4.80 Å². The standard InChI is InChI=1S/C19H27N5/c1-18(2,3)24-22-17(21-23-24)19(10-7-11-19)13-20-16-12-15(16)14-8-5-4-6-9-14/h4-6,8-9,15-16,20H,7,10-13H2,1-3H3/t15?,16-/m0/s1. The zero-order valence-electron chi connectivity index (χ0n) is 14.9. The first-order valence-electron chi connectivity index (χ1n) is 9.07. The molecule has 0 spiro atoms. The Bertz CT molecular complexity index is 696. The van der Waals surface area contributed by atoms with Gasteiger partial charge in [-0.25, -0.2) is 0 Å². The molecule has 2 atom stereocenters. The van der Waals surface area contributed by atoms with Crippen molar-refractivity contribution in [3.05, 3.63) is 41.7 Å². The van der Waals surface area contributed by atoms with Crippen molar-refractivity contribution in [2.45, 2.75) is 69.4 Å². The molecule has 2 aliphatic rings. The molecule has 24 heavy (non-hydrogen) atoms. The predicted molar refractivity (Wildman–Crippen MR) is 93.9 cm³/mol. The van der Waals surface area contributed by atoms with Crippen LogP contribution < -0.4 is 5.32 Å². The maximum Gasteiger partial charge on any atom is 0.182 e. The summed E-state index contributed by atoms with van der Waals surface area (Å²) >= 11 is 0. The number of rotatable bonds is 5. The Morgan fingerprint density at radius 3 is 2.54 bits per heavy atom. The van der Waals surface area contributed by atoms with Crippen molar-refractivity contribution in [2.75, 3.05) is 6.54 Å². The van der Waals surface area contributed by atoms with Gasteiger partial charge in [0.1, 0.15) is 0 Å². The van der Waals surface area contributed by atoms with E-state index >= 15 is 0 Å². The third kappa shape index (κ3) is 2.86. The van der Waals surface area contributed by atoms with Crippen molar-refractivity contribution in [1.82, 2.24) is 25.5 Å². The molecular formula is C19H27N5. The van der Waals surface area contributed by atoms with Crippen molar-refractivity contribution in [3.63, 3.8) is 0 Å². The minimum Gasteiger partial charge on any atom is -0.312 e. The van der Waals surface area contributed by atoms with E-state index in [1.807, 2.05) is 0 Å². The first kappa shape index (κ1) is 15.8. The van der Waals surface area contributed by atoms with Crippen molar-refractivity contribution < 1.29 is 0 Å². The fourth-order valence-electron chi connectivity index (χ4n) is 3.61. The van der Waals surface area contributed by atoms with Crippen LogP contribution in [0.1, 0.15) is 63.8 Å². The molecule has 5 heteroatoms. The zero-order valence-corrected chi connectivity index (χ0v) is 14.9. The summed E-state index contributed by atoms with van der Waals surface area (Å²) in [7, 11) is 0. The van der Waals surface area contributed by atoms with Crippen molar-refractivity contribution >= 4 is 0 Å². The van der Waals surface area contributed by atoms with Crippen LogP contribution in [0.4, 0.5) is 0 Å². The van der Waals surface area contributed by atoms with Crippen molar-refractivity contribution in [2.24, 2.45) is 0 Å². The van der Waals surface area contributed by atoms with E-state index in [-0.39, 0.29) is 11.0 Å². The lowest BCUT2D eigenvalue weighted by Crippen LogP contribution is -2.45. The molecule has 1 aromatic carbocycles. The van der Waals surface area contributed by atoms with Crippen LogP contribution in [0.5, 0.6) is 0 Å². The second kappa shape index (κ2) is 5.66. The van der Waals surface area contributed by atoms with Crippen LogP contribution in [0, 0.1) is 0 Å². The highest BCUT2D eigenvalue weighted by Crippen LogP contribution is 2.44. The average molecular weight is 325 g/mol. The molecule has 128 valence electrons. The smallest absolute Gasteiger partial charge is 0.182 e. The number of hydrogen-bond acceptors (Lipinski definition) is 4. The molecule has 2 fully saturated rings. The lowest BCUT2D eigenvalue weighted by molar-refractivity contribution is 0.215. The number of hydrogen-bond donors (Lipinski definition) is 1. The normalized spacial score (nSPS) is 25.3. The molecule has 0 aliphatic heterocycles. The van der Waals surface area contributed by atoms with Gasteiger partial charge in [0, 0.05) is 23.9 Å². The summed E-state index contributed by atoms with van der Waals surface area (Å²) in [5.74, 6) is 1.59. The maximum absolute atomic E-state index is 4.71. The average Bonchev–Trinajstić information content (AvgIpc) is 3.11. The van der Waals surface area contributed by atoms with Crippen LogP contribution in [-0.2, 0) is 11.0 Å². The molecule has 0 bridgehead atoms. The largest absolute Gasteiger partial charge is 0.312 e. The van der Waals surface area contributed by atoms with Gasteiger partial charge in [0.25, 0.3) is 0 Å². The minimum atomic E-state index is -0.113. The Balaban J connectivity index is 1.41. The molecule has 1 aromatic heterocycles.